The van der Waals surface area contributed by atoms with Crippen molar-refractivity contribution >= 4 is 5.91 Å². The summed E-state index contributed by atoms with van der Waals surface area (Å²) in [7, 11) is 0. The Morgan fingerprint density at radius 3 is 2.70 bits per heavy atom. The van der Waals surface area contributed by atoms with E-state index in [2.05, 4.69) is 10.2 Å². The molecule has 136 valence electrons. The zero-order chi connectivity index (χ0) is 18.4. The van der Waals surface area contributed by atoms with Gasteiger partial charge in [-0.25, -0.2) is 0 Å². The predicted octanol–water partition coefficient (Wildman–Crippen LogP) is 1.69. The van der Waals surface area contributed by atoms with Crippen LogP contribution in [0.15, 0.2) is 59.5 Å². The van der Waals surface area contributed by atoms with Crippen molar-refractivity contribution in [2.24, 2.45) is 5.92 Å². The normalized spacial score (nSPS) is 21.0. The van der Waals surface area contributed by atoms with Crippen molar-refractivity contribution in [2.75, 3.05) is 13.1 Å². The van der Waals surface area contributed by atoms with Gasteiger partial charge in [-0.15, -0.1) is 5.10 Å². The number of benzene rings is 1. The van der Waals surface area contributed by atoms with Gasteiger partial charge in [0.1, 0.15) is 0 Å². The second-order valence-electron chi connectivity index (χ2n) is 7.26. The van der Waals surface area contributed by atoms with Crippen molar-refractivity contribution < 1.29 is 4.79 Å². The third kappa shape index (κ3) is 2.75. The Morgan fingerprint density at radius 1 is 1.00 bits per heavy atom. The number of likely N-dealkylation sites (tertiary alicyclic amines) is 1. The lowest BCUT2D eigenvalue weighted by molar-refractivity contribution is 0.0588. The Morgan fingerprint density at radius 2 is 1.85 bits per heavy atom. The molecule has 0 unspecified atom stereocenters. The predicted molar refractivity (Wildman–Crippen MR) is 98.8 cm³/mol. The largest absolute Gasteiger partial charge is 0.336 e. The number of carbonyl (C=O) groups excluding carboxylic acids is 1. The SMILES string of the molecule is O=C(c1cnn(-c2ccccc2)n1)N1C[C@H]2C[C@@H](C1)c1cccc(=O)n1C2. The van der Waals surface area contributed by atoms with E-state index in [4.69, 9.17) is 0 Å². The van der Waals surface area contributed by atoms with Crippen LogP contribution in [0.4, 0.5) is 0 Å². The molecule has 1 aromatic carbocycles. The van der Waals surface area contributed by atoms with Gasteiger partial charge in [0.05, 0.1) is 11.9 Å². The molecule has 2 aliphatic heterocycles. The molecule has 0 radical (unpaired) electrons. The molecular weight excluding hydrogens is 342 g/mol. The van der Waals surface area contributed by atoms with Crippen LogP contribution in [0.3, 0.4) is 0 Å². The van der Waals surface area contributed by atoms with Crippen LogP contribution < -0.4 is 5.56 Å². The fraction of sp³-hybridized carbons (Fsp3) is 0.300. The maximum atomic E-state index is 13.0. The molecule has 2 aromatic heterocycles. The second-order valence-corrected chi connectivity index (χ2v) is 7.26. The molecule has 0 aliphatic carbocycles. The molecular formula is C20H19N5O2. The van der Waals surface area contributed by atoms with Crippen molar-refractivity contribution in [1.82, 2.24) is 24.5 Å². The number of carbonyl (C=O) groups is 1. The number of nitrogens with zero attached hydrogens (tertiary/aromatic N) is 5. The minimum atomic E-state index is -0.0985. The highest BCUT2D eigenvalue weighted by atomic mass is 16.2. The molecule has 3 aromatic rings. The first-order chi connectivity index (χ1) is 13.2. The van der Waals surface area contributed by atoms with Crippen molar-refractivity contribution in [3.05, 3.63) is 76.5 Å². The van der Waals surface area contributed by atoms with Crippen LogP contribution in [0.5, 0.6) is 0 Å². The van der Waals surface area contributed by atoms with E-state index < -0.39 is 0 Å². The summed E-state index contributed by atoms with van der Waals surface area (Å²) in [5.41, 5.74) is 2.25. The Balaban J connectivity index is 1.40. The fourth-order valence-electron chi connectivity index (χ4n) is 4.27. The van der Waals surface area contributed by atoms with Gasteiger partial charge in [0, 0.05) is 37.3 Å². The molecule has 0 saturated carbocycles. The molecule has 1 saturated heterocycles. The van der Waals surface area contributed by atoms with Crippen molar-refractivity contribution in [3.8, 4) is 5.69 Å². The van der Waals surface area contributed by atoms with E-state index in [0.717, 1.165) is 17.8 Å². The third-order valence-electron chi connectivity index (χ3n) is 5.47. The topological polar surface area (TPSA) is 73.0 Å². The van der Waals surface area contributed by atoms with Gasteiger partial charge in [0.2, 0.25) is 0 Å². The first-order valence-corrected chi connectivity index (χ1v) is 9.16. The summed E-state index contributed by atoms with van der Waals surface area (Å²) in [5.74, 6) is 0.391. The first-order valence-electron chi connectivity index (χ1n) is 9.16. The highest BCUT2D eigenvalue weighted by Gasteiger charge is 2.37. The molecule has 4 heterocycles. The van der Waals surface area contributed by atoms with Gasteiger partial charge in [-0.2, -0.15) is 9.90 Å². The minimum Gasteiger partial charge on any atom is -0.336 e. The summed E-state index contributed by atoms with van der Waals surface area (Å²) in [5, 5.41) is 8.60. The van der Waals surface area contributed by atoms with Gasteiger partial charge < -0.3 is 9.47 Å². The Bertz CT molecular complexity index is 1060. The minimum absolute atomic E-state index is 0.0489. The zero-order valence-electron chi connectivity index (χ0n) is 14.7. The van der Waals surface area contributed by atoms with Crippen LogP contribution in [0.25, 0.3) is 5.69 Å². The van der Waals surface area contributed by atoms with Gasteiger partial charge in [0.25, 0.3) is 11.5 Å². The molecule has 0 N–H and O–H groups in total. The molecule has 5 rings (SSSR count). The molecule has 2 bridgehead atoms. The highest BCUT2D eigenvalue weighted by Crippen LogP contribution is 2.35. The van der Waals surface area contributed by atoms with Gasteiger partial charge >= 0.3 is 0 Å². The number of pyridine rings is 1. The Hall–Kier alpha value is -3.22. The molecule has 7 nitrogen and oxygen atoms in total. The average Bonchev–Trinajstić information content (AvgIpc) is 3.19. The number of amides is 1. The van der Waals surface area contributed by atoms with Crippen molar-refractivity contribution in [3.63, 3.8) is 0 Å². The number of hydrogen-bond acceptors (Lipinski definition) is 4. The summed E-state index contributed by atoms with van der Waals surface area (Å²) in [4.78, 5) is 28.5. The summed E-state index contributed by atoms with van der Waals surface area (Å²) in [6, 6.07) is 15.0. The summed E-state index contributed by atoms with van der Waals surface area (Å²) >= 11 is 0. The van der Waals surface area contributed by atoms with E-state index >= 15 is 0 Å². The van der Waals surface area contributed by atoms with Crippen LogP contribution in [0.1, 0.15) is 28.5 Å². The zero-order valence-corrected chi connectivity index (χ0v) is 14.7. The number of fused-ring (bicyclic) bond motifs is 4. The van der Waals surface area contributed by atoms with Gasteiger partial charge in [-0.1, -0.05) is 24.3 Å². The quantitative estimate of drug-likeness (QED) is 0.696. The van der Waals surface area contributed by atoms with E-state index in [9.17, 15) is 9.59 Å². The number of rotatable bonds is 2. The maximum Gasteiger partial charge on any atom is 0.276 e. The summed E-state index contributed by atoms with van der Waals surface area (Å²) in [6.45, 7) is 1.93. The Labute approximate surface area is 155 Å². The lowest BCUT2D eigenvalue weighted by Crippen LogP contribution is -2.49. The Kier molecular flexibility index (Phi) is 3.67. The maximum absolute atomic E-state index is 13.0. The second kappa shape index (κ2) is 6.19. The van der Waals surface area contributed by atoms with E-state index in [1.807, 2.05) is 45.9 Å². The molecule has 0 spiro atoms. The molecule has 1 fully saturated rings. The molecule has 2 atom stereocenters. The first kappa shape index (κ1) is 16.0. The number of piperidine rings is 1. The smallest absolute Gasteiger partial charge is 0.276 e. The molecule has 7 heteroatoms. The van der Waals surface area contributed by atoms with E-state index in [1.165, 1.54) is 11.0 Å². The van der Waals surface area contributed by atoms with Gasteiger partial charge in [-0.05, 0) is 30.5 Å². The monoisotopic (exact) mass is 361 g/mol. The van der Waals surface area contributed by atoms with Gasteiger partial charge in [0.15, 0.2) is 5.69 Å². The standard InChI is InChI=1S/C20H19N5O2/c26-19-8-4-7-18-15-9-14(12-24(18)19)11-23(13-15)20(27)17-10-21-25(22-17)16-5-2-1-3-6-16/h1-8,10,14-15H,9,11-13H2/t14-,15+/m1/s1. The van der Waals surface area contributed by atoms with Crippen LogP contribution >= 0.6 is 0 Å². The molecule has 1 amide bonds. The van der Waals surface area contributed by atoms with Crippen molar-refractivity contribution in [2.45, 2.75) is 18.9 Å². The third-order valence-corrected chi connectivity index (χ3v) is 5.47. The van der Waals surface area contributed by atoms with Gasteiger partial charge in [-0.3, -0.25) is 9.59 Å². The average molecular weight is 361 g/mol. The molecule has 2 aliphatic rings. The van der Waals surface area contributed by atoms with Crippen molar-refractivity contribution in [1.29, 1.82) is 0 Å². The lowest BCUT2D eigenvalue weighted by atomic mass is 9.83. The number of aromatic nitrogens is 4. The summed E-state index contributed by atoms with van der Waals surface area (Å²) < 4.78 is 1.87. The van der Waals surface area contributed by atoms with Crippen LogP contribution in [0.2, 0.25) is 0 Å². The van der Waals surface area contributed by atoms with Crippen LogP contribution in [0, 0.1) is 5.92 Å². The van der Waals surface area contributed by atoms with Crippen LogP contribution in [-0.2, 0) is 6.54 Å². The number of hydrogen-bond donors (Lipinski definition) is 0. The highest BCUT2D eigenvalue weighted by molar-refractivity contribution is 5.92. The van der Waals surface area contributed by atoms with E-state index in [1.54, 1.807) is 12.1 Å². The lowest BCUT2D eigenvalue weighted by Gasteiger charge is -2.42. The fourth-order valence-corrected chi connectivity index (χ4v) is 4.27. The van der Waals surface area contributed by atoms with E-state index in [-0.39, 0.29) is 17.4 Å². The van der Waals surface area contributed by atoms with E-state index in [0.29, 0.717) is 31.2 Å². The van der Waals surface area contributed by atoms with Crippen LogP contribution in [-0.4, -0.2) is 43.5 Å². The molecule has 27 heavy (non-hydrogen) atoms. The number of para-hydroxylation sites is 1. The summed E-state index contributed by atoms with van der Waals surface area (Å²) in [6.07, 6.45) is 2.54.